The number of imidazole rings is 1. The van der Waals surface area contributed by atoms with Gasteiger partial charge < -0.3 is 19.1 Å². The number of allylic oxidation sites excluding steroid dienone is 2. The molecule has 1 aliphatic rings. The van der Waals surface area contributed by atoms with Gasteiger partial charge in [-0.3, -0.25) is 0 Å². The van der Waals surface area contributed by atoms with Crippen molar-refractivity contribution >= 4 is 67.8 Å². The number of likely N-dealkylation sites (N-methyl/N-ethyl adjacent to an activating group) is 1. The van der Waals surface area contributed by atoms with Gasteiger partial charge in [0, 0.05) is 42.7 Å². The van der Waals surface area contributed by atoms with Gasteiger partial charge in [0.2, 0.25) is 0 Å². The van der Waals surface area contributed by atoms with Gasteiger partial charge in [0.15, 0.2) is 11.0 Å². The fourth-order valence-corrected chi connectivity index (χ4v) is 6.46. The number of hydrogen-bond donors (Lipinski definition) is 0. The number of aryl methyl sites for hydroxylation is 2. The lowest BCUT2D eigenvalue weighted by atomic mass is 10.1. The van der Waals surface area contributed by atoms with E-state index in [2.05, 4.69) is 20.1 Å². The van der Waals surface area contributed by atoms with E-state index in [0.717, 1.165) is 28.2 Å². The normalized spacial score (nSPS) is 14.5. The number of nitriles is 1. The highest BCUT2D eigenvalue weighted by Crippen LogP contribution is 2.41. The lowest BCUT2D eigenvalue weighted by molar-refractivity contribution is -0.670. The van der Waals surface area contributed by atoms with E-state index in [4.69, 9.17) is 27.9 Å². The number of nitrogens with zero attached hydrogens (tertiary/aromatic N) is 5. The zero-order valence-corrected chi connectivity index (χ0v) is 27.5. The molecule has 13 heteroatoms. The van der Waals surface area contributed by atoms with E-state index in [1.807, 2.05) is 50.0 Å². The number of carbonyl (C=O) groups excluding carboxylic acids is 1. The molecule has 234 valence electrons. The van der Waals surface area contributed by atoms with E-state index in [1.54, 1.807) is 25.1 Å². The number of benzene rings is 2. The molecule has 2 aromatic carbocycles. The van der Waals surface area contributed by atoms with Crippen molar-refractivity contribution in [2.45, 2.75) is 47.2 Å². The Kier molecular flexibility index (Phi) is 10.6. The molecule has 2 heterocycles. The van der Waals surface area contributed by atoms with Crippen LogP contribution in [0.15, 0.2) is 42.1 Å². The van der Waals surface area contributed by atoms with E-state index in [0.29, 0.717) is 42.5 Å². The van der Waals surface area contributed by atoms with Crippen LogP contribution in [0.5, 0.6) is 0 Å². The minimum absolute atomic E-state index is 0.0950. The molecule has 44 heavy (non-hydrogen) atoms. The molecule has 0 amide bonds. The van der Waals surface area contributed by atoms with Gasteiger partial charge in [-0.05, 0) is 52.3 Å². The number of esters is 1. The molecule has 0 fully saturated rings. The van der Waals surface area contributed by atoms with Crippen molar-refractivity contribution in [3.63, 3.8) is 0 Å². The summed E-state index contributed by atoms with van der Waals surface area (Å²) in [4.78, 5) is 16.7. The van der Waals surface area contributed by atoms with Crippen LogP contribution in [0.2, 0.25) is 10.0 Å². The number of hydrogen-bond acceptors (Lipinski definition) is 8. The average Bonchev–Trinajstić information content (AvgIpc) is 3.27. The van der Waals surface area contributed by atoms with Crippen LogP contribution in [0.25, 0.3) is 17.1 Å². The lowest BCUT2D eigenvalue weighted by Gasteiger charge is -2.41. The summed E-state index contributed by atoms with van der Waals surface area (Å²) in [7, 11) is -4.41. The minimum atomic E-state index is -4.41. The van der Waals surface area contributed by atoms with Crippen LogP contribution in [0.4, 0.5) is 11.4 Å². The molecule has 1 aromatic heterocycles. The van der Waals surface area contributed by atoms with Gasteiger partial charge in [-0.25, -0.2) is 22.3 Å². The van der Waals surface area contributed by atoms with E-state index >= 15 is 0 Å². The Labute approximate surface area is 268 Å². The van der Waals surface area contributed by atoms with Gasteiger partial charge in [-0.15, -0.1) is 0 Å². The highest BCUT2D eigenvalue weighted by atomic mass is 35.5. The predicted molar refractivity (Wildman–Crippen MR) is 172 cm³/mol. The summed E-state index contributed by atoms with van der Waals surface area (Å²) in [6.07, 6.45) is 5.95. The smallest absolute Gasteiger partial charge is 0.339 e. The van der Waals surface area contributed by atoms with Crippen molar-refractivity contribution < 1.29 is 27.1 Å². The molecule has 0 saturated heterocycles. The van der Waals surface area contributed by atoms with Gasteiger partial charge in [0.05, 0.1) is 68.9 Å². The number of anilines is 2. The molecule has 4 rings (SSSR count). The highest BCUT2D eigenvalue weighted by molar-refractivity contribution is 7.85. The van der Waals surface area contributed by atoms with Gasteiger partial charge in [0.1, 0.15) is 6.07 Å². The Morgan fingerprint density at radius 3 is 2.48 bits per heavy atom. The van der Waals surface area contributed by atoms with E-state index in [1.165, 1.54) is 0 Å². The zero-order chi connectivity index (χ0) is 32.2. The van der Waals surface area contributed by atoms with Crippen LogP contribution < -0.4 is 14.4 Å². The van der Waals surface area contributed by atoms with Crippen LogP contribution in [0, 0.1) is 11.3 Å². The van der Waals surface area contributed by atoms with Gasteiger partial charge in [-0.2, -0.15) is 5.26 Å². The predicted octanol–water partition coefficient (Wildman–Crippen LogP) is 5.50. The first-order chi connectivity index (χ1) is 21.0. The van der Waals surface area contributed by atoms with Crippen LogP contribution in [0.1, 0.15) is 55.9 Å². The van der Waals surface area contributed by atoms with Crippen LogP contribution in [0.3, 0.4) is 0 Å². The molecule has 0 N–H and O–H groups in total. The molecule has 0 saturated carbocycles. The van der Waals surface area contributed by atoms with E-state index < -0.39 is 21.8 Å². The second-order valence-electron chi connectivity index (χ2n) is 10.1. The number of aromatic nitrogens is 2. The van der Waals surface area contributed by atoms with Gasteiger partial charge in [-0.1, -0.05) is 29.3 Å². The van der Waals surface area contributed by atoms with Crippen molar-refractivity contribution in [3.05, 3.63) is 69.1 Å². The summed E-state index contributed by atoms with van der Waals surface area (Å²) in [5.74, 6) is -0.160. The molecule has 0 unspecified atom stereocenters. The first-order valence-electron chi connectivity index (χ1n) is 14.5. The summed E-state index contributed by atoms with van der Waals surface area (Å²) in [5, 5.41) is 10.2. The molecule has 10 nitrogen and oxygen atoms in total. The fourth-order valence-electron chi connectivity index (χ4n) is 5.55. The largest absolute Gasteiger partial charge is 0.748 e. The second-order valence-corrected chi connectivity index (χ2v) is 12.5. The Balaban J connectivity index is 1.83. The maximum Gasteiger partial charge on any atom is 0.339 e. The van der Waals surface area contributed by atoms with Crippen molar-refractivity contribution in [2.24, 2.45) is 0 Å². The van der Waals surface area contributed by atoms with Crippen LogP contribution >= 0.6 is 23.2 Å². The fraction of sp³-hybridized carbons (Fsp3) is 0.387. The number of halogens is 2. The molecule has 0 atom stereocenters. The highest BCUT2D eigenvalue weighted by Gasteiger charge is 2.29. The third kappa shape index (κ3) is 6.89. The first kappa shape index (κ1) is 33.3. The first-order valence-corrected chi connectivity index (χ1v) is 16.8. The zero-order valence-electron chi connectivity index (χ0n) is 25.1. The summed E-state index contributed by atoms with van der Waals surface area (Å²) in [6.45, 7) is 10.7. The molecule has 0 bridgehead atoms. The quantitative estimate of drug-likeness (QED) is 0.150. The third-order valence-corrected chi connectivity index (χ3v) is 8.95. The lowest BCUT2D eigenvalue weighted by Crippen LogP contribution is -2.40. The summed E-state index contributed by atoms with van der Waals surface area (Å²) >= 11 is 12.9. The molecular formula is C31H35Cl2N5O5S. The third-order valence-electron chi connectivity index (χ3n) is 7.53. The Bertz CT molecular complexity index is 1790. The number of fused-ring (bicyclic) bond motifs is 2. The van der Waals surface area contributed by atoms with Crippen molar-refractivity contribution in [2.75, 3.05) is 41.8 Å². The van der Waals surface area contributed by atoms with Crippen LogP contribution in [-0.2, 0) is 27.9 Å². The van der Waals surface area contributed by atoms with Crippen molar-refractivity contribution in [1.82, 2.24) is 4.57 Å². The minimum Gasteiger partial charge on any atom is -0.748 e. The number of rotatable bonds is 11. The Morgan fingerprint density at radius 2 is 1.86 bits per heavy atom. The molecular weight excluding hydrogens is 625 g/mol. The number of ether oxygens (including phenoxy) is 1. The molecule has 0 aliphatic carbocycles. The average molecular weight is 661 g/mol. The second kappa shape index (κ2) is 14.0. The summed E-state index contributed by atoms with van der Waals surface area (Å²) in [5.41, 5.74) is 4.72. The monoisotopic (exact) mass is 659 g/mol. The van der Waals surface area contributed by atoms with E-state index in [-0.39, 0.29) is 30.2 Å². The molecule has 0 spiro atoms. The summed E-state index contributed by atoms with van der Waals surface area (Å²) in [6, 6.07) is 9.16. The maximum absolute atomic E-state index is 12.7. The van der Waals surface area contributed by atoms with Crippen molar-refractivity contribution in [1.29, 1.82) is 5.26 Å². The number of carbonyl (C=O) groups is 1. The van der Waals surface area contributed by atoms with Gasteiger partial charge in [0.25, 0.3) is 5.82 Å². The standard InChI is InChI=1S/C31H35Cl2N5O5S/c1-5-35-20-22(11-9-12-30-36(6-2)27-15-21(19-34)24(32)17-29(27)37(30)7-3)38(13-10-14-44(40,41)42)28-16-23(31(39)43-8-4)25(33)18-26(28)35/h9,11-12,15-18H,5-8,10,13-14,20H2,1-4H3. The molecule has 1 aliphatic heterocycles. The Hall–Kier alpha value is -3.56. The SMILES string of the molecule is CCOC(=O)c1cc2c(cc1Cl)N(CC)CC(=CC=Cc1n(CC)c3cc(Cl)c(C#N)cc3[n+]1CC)N2CCCS(=O)(=O)[O-]. The summed E-state index contributed by atoms with van der Waals surface area (Å²) < 4.78 is 43.7. The molecule has 0 radical (unpaired) electrons. The van der Waals surface area contributed by atoms with Gasteiger partial charge >= 0.3 is 5.97 Å². The topological polar surface area (TPSA) is 123 Å². The van der Waals surface area contributed by atoms with Crippen molar-refractivity contribution in [3.8, 4) is 6.07 Å². The van der Waals surface area contributed by atoms with E-state index in [9.17, 15) is 23.0 Å². The Morgan fingerprint density at radius 1 is 1.11 bits per heavy atom. The maximum atomic E-state index is 12.7. The molecule has 3 aromatic rings. The van der Waals surface area contributed by atoms with Crippen LogP contribution in [-0.4, -0.2) is 55.5 Å².